The van der Waals surface area contributed by atoms with Gasteiger partial charge in [-0.1, -0.05) is 29.4 Å². The topological polar surface area (TPSA) is 72.2 Å². The molecule has 0 aliphatic carbocycles. The number of carbonyl (C=O) groups excluding carboxylic acids is 1. The van der Waals surface area contributed by atoms with Gasteiger partial charge in [0.05, 0.1) is 5.25 Å². The molecule has 8 heteroatoms. The first-order valence-corrected chi connectivity index (χ1v) is 9.04. The summed E-state index contributed by atoms with van der Waals surface area (Å²) in [5.41, 5.74) is 3.39. The minimum Gasteiger partial charge on any atom is -0.325 e. The summed E-state index contributed by atoms with van der Waals surface area (Å²) in [5, 5.41) is 8.10. The van der Waals surface area contributed by atoms with Crippen molar-refractivity contribution in [2.45, 2.75) is 38.1 Å². The van der Waals surface area contributed by atoms with E-state index in [0.717, 1.165) is 17.0 Å². The van der Waals surface area contributed by atoms with Gasteiger partial charge in [-0.15, -0.1) is 5.10 Å². The maximum Gasteiger partial charge on any atom is 0.253 e. The predicted octanol–water partition coefficient (Wildman–Crippen LogP) is 3.82. The highest BCUT2D eigenvalue weighted by atomic mass is 35.5. The molecule has 1 unspecified atom stereocenters. The van der Waals surface area contributed by atoms with Crippen molar-refractivity contribution in [2.24, 2.45) is 0 Å². The van der Waals surface area contributed by atoms with E-state index in [9.17, 15) is 4.79 Å². The zero-order valence-corrected chi connectivity index (χ0v) is 15.9. The number of aryl methyl sites for hydroxylation is 2. The third kappa shape index (κ3) is 3.77. The Kier molecular flexibility index (Phi) is 4.96. The second-order valence-corrected chi connectivity index (χ2v) is 7.52. The molecule has 3 aromatic rings. The number of amides is 1. The fraction of sp³-hybridized carbons (Fsp3) is 0.294. The van der Waals surface area contributed by atoms with E-state index in [0.29, 0.717) is 21.6 Å². The molecule has 0 fully saturated rings. The highest BCUT2D eigenvalue weighted by Gasteiger charge is 2.19. The molecular weight excluding hydrogens is 358 g/mol. The van der Waals surface area contributed by atoms with Gasteiger partial charge in [-0.05, 0) is 51.5 Å². The fourth-order valence-electron chi connectivity index (χ4n) is 2.39. The Hall–Kier alpha value is -2.12. The van der Waals surface area contributed by atoms with Crippen LogP contribution in [0.4, 0.5) is 5.69 Å². The maximum absolute atomic E-state index is 12.5. The Morgan fingerprint density at radius 3 is 2.80 bits per heavy atom. The summed E-state index contributed by atoms with van der Waals surface area (Å²) in [6, 6.07) is 7.37. The molecule has 0 aliphatic rings. The number of benzene rings is 1. The molecule has 2 aromatic heterocycles. The lowest BCUT2D eigenvalue weighted by molar-refractivity contribution is -0.115. The molecule has 2 heterocycles. The average molecular weight is 376 g/mol. The number of carbonyl (C=O) groups is 1. The fourth-order valence-corrected chi connectivity index (χ4v) is 3.31. The molecule has 0 aliphatic heterocycles. The van der Waals surface area contributed by atoms with E-state index in [1.165, 1.54) is 11.8 Å². The maximum atomic E-state index is 12.5. The van der Waals surface area contributed by atoms with E-state index >= 15 is 0 Å². The molecule has 6 nitrogen and oxygen atoms in total. The van der Waals surface area contributed by atoms with Crippen molar-refractivity contribution in [3.63, 3.8) is 0 Å². The van der Waals surface area contributed by atoms with Gasteiger partial charge < -0.3 is 5.32 Å². The van der Waals surface area contributed by atoms with Crippen LogP contribution in [0.1, 0.15) is 23.9 Å². The van der Waals surface area contributed by atoms with Crippen molar-refractivity contribution in [3.8, 4) is 0 Å². The van der Waals surface area contributed by atoms with Crippen LogP contribution < -0.4 is 5.32 Å². The normalized spacial score (nSPS) is 12.4. The summed E-state index contributed by atoms with van der Waals surface area (Å²) in [6.45, 7) is 7.55. The minimum absolute atomic E-state index is 0.130. The molecule has 1 aromatic carbocycles. The Balaban J connectivity index is 1.75. The number of hydrogen-bond donors (Lipinski definition) is 1. The number of fused-ring (bicyclic) bond motifs is 1. The Morgan fingerprint density at radius 2 is 2.04 bits per heavy atom. The largest absolute Gasteiger partial charge is 0.325 e. The Labute approximate surface area is 155 Å². The van der Waals surface area contributed by atoms with Crippen LogP contribution in [0.3, 0.4) is 0 Å². The van der Waals surface area contributed by atoms with Crippen LogP contribution in [0, 0.1) is 20.8 Å². The first-order valence-electron chi connectivity index (χ1n) is 7.79. The summed E-state index contributed by atoms with van der Waals surface area (Å²) in [6.07, 6.45) is 0. The number of anilines is 1. The van der Waals surface area contributed by atoms with Crippen LogP contribution in [-0.4, -0.2) is 30.7 Å². The van der Waals surface area contributed by atoms with Gasteiger partial charge in [0.25, 0.3) is 5.78 Å². The quantitative estimate of drug-likeness (QED) is 0.702. The lowest BCUT2D eigenvalue weighted by atomic mass is 10.2. The summed E-state index contributed by atoms with van der Waals surface area (Å²) in [5.74, 6) is 0.411. The van der Waals surface area contributed by atoms with Gasteiger partial charge >= 0.3 is 0 Å². The van der Waals surface area contributed by atoms with E-state index in [4.69, 9.17) is 11.6 Å². The molecule has 0 bridgehead atoms. The van der Waals surface area contributed by atoms with E-state index in [1.54, 1.807) is 10.6 Å². The average Bonchev–Trinajstić information content (AvgIpc) is 2.94. The van der Waals surface area contributed by atoms with Gasteiger partial charge in [0.15, 0.2) is 0 Å². The lowest BCUT2D eigenvalue weighted by Crippen LogP contribution is -2.23. The van der Waals surface area contributed by atoms with Crippen molar-refractivity contribution in [3.05, 3.63) is 46.2 Å². The summed E-state index contributed by atoms with van der Waals surface area (Å²) < 4.78 is 1.68. The van der Waals surface area contributed by atoms with Crippen molar-refractivity contribution in [1.82, 2.24) is 19.6 Å². The number of thioether (sulfide) groups is 1. The molecule has 0 saturated carbocycles. The smallest absolute Gasteiger partial charge is 0.253 e. The molecule has 0 saturated heterocycles. The van der Waals surface area contributed by atoms with Gasteiger partial charge in [-0.25, -0.2) is 9.50 Å². The van der Waals surface area contributed by atoms with Gasteiger partial charge in [0.2, 0.25) is 11.1 Å². The minimum atomic E-state index is -0.364. The number of aromatic nitrogens is 4. The molecule has 1 N–H and O–H groups in total. The molecular formula is C17H18ClN5OS. The van der Waals surface area contributed by atoms with Crippen molar-refractivity contribution in [2.75, 3.05) is 5.32 Å². The molecule has 0 spiro atoms. The van der Waals surface area contributed by atoms with Gasteiger partial charge in [0, 0.05) is 22.1 Å². The molecule has 0 radical (unpaired) electrons. The van der Waals surface area contributed by atoms with E-state index in [2.05, 4.69) is 20.4 Å². The Morgan fingerprint density at radius 1 is 1.28 bits per heavy atom. The van der Waals surface area contributed by atoms with Crippen molar-refractivity contribution < 1.29 is 4.79 Å². The first kappa shape index (κ1) is 17.7. The van der Waals surface area contributed by atoms with Gasteiger partial charge in [-0.2, -0.15) is 4.98 Å². The number of nitrogens with zero attached hydrogens (tertiary/aromatic N) is 4. The lowest BCUT2D eigenvalue weighted by Gasteiger charge is -2.12. The van der Waals surface area contributed by atoms with E-state index in [1.807, 2.05) is 45.9 Å². The van der Waals surface area contributed by atoms with Crippen molar-refractivity contribution >= 4 is 40.7 Å². The van der Waals surface area contributed by atoms with Crippen LogP contribution in [0.25, 0.3) is 5.78 Å². The first-order chi connectivity index (χ1) is 11.8. The highest BCUT2D eigenvalue weighted by Crippen LogP contribution is 2.25. The second kappa shape index (κ2) is 7.01. The van der Waals surface area contributed by atoms with Gasteiger partial charge in [-0.3, -0.25) is 4.79 Å². The highest BCUT2D eigenvalue weighted by molar-refractivity contribution is 8.00. The number of rotatable bonds is 4. The number of hydrogen-bond acceptors (Lipinski definition) is 5. The molecule has 1 atom stereocenters. The van der Waals surface area contributed by atoms with E-state index in [-0.39, 0.29) is 11.2 Å². The second-order valence-electron chi connectivity index (χ2n) is 5.81. The molecule has 25 heavy (non-hydrogen) atoms. The third-order valence-corrected chi connectivity index (χ3v) is 5.14. The predicted molar refractivity (Wildman–Crippen MR) is 100 cm³/mol. The van der Waals surface area contributed by atoms with Crippen LogP contribution in [0.2, 0.25) is 5.02 Å². The summed E-state index contributed by atoms with van der Waals surface area (Å²) >= 11 is 7.39. The van der Waals surface area contributed by atoms with Gasteiger partial charge in [0.1, 0.15) is 0 Å². The molecule has 1 amide bonds. The molecule has 3 rings (SSSR count). The zero-order valence-electron chi connectivity index (χ0n) is 14.4. The van der Waals surface area contributed by atoms with Crippen LogP contribution in [0.5, 0.6) is 0 Å². The summed E-state index contributed by atoms with van der Waals surface area (Å²) in [4.78, 5) is 21.2. The molecule has 130 valence electrons. The standard InChI is InChI=1S/C17H18ClN5OS/c1-9-8-10(2)23-16(19-9)21-17(22-23)25-12(4)15(24)20-14-7-5-6-13(18)11(14)3/h5-8,12H,1-4H3,(H,20,24). The summed E-state index contributed by atoms with van der Waals surface area (Å²) in [7, 11) is 0. The van der Waals surface area contributed by atoms with Crippen LogP contribution >= 0.6 is 23.4 Å². The van der Waals surface area contributed by atoms with Crippen LogP contribution in [0.15, 0.2) is 29.4 Å². The monoisotopic (exact) mass is 375 g/mol. The zero-order chi connectivity index (χ0) is 18.1. The van der Waals surface area contributed by atoms with E-state index < -0.39 is 0 Å². The SMILES string of the molecule is Cc1cc(C)n2nc(SC(C)C(=O)Nc3cccc(Cl)c3C)nc2n1. The number of nitrogens with one attached hydrogen (secondary N) is 1. The van der Waals surface area contributed by atoms with Crippen LogP contribution in [-0.2, 0) is 4.79 Å². The number of halogens is 1. The Bertz CT molecular complexity index is 956. The third-order valence-electron chi connectivity index (χ3n) is 3.78. The van der Waals surface area contributed by atoms with Crippen molar-refractivity contribution in [1.29, 1.82) is 0 Å².